The Hall–Kier alpha value is -2.80. The molecular formula is C17H13BrN2O4. The summed E-state index contributed by atoms with van der Waals surface area (Å²) in [6.45, 7) is 3.50. The highest BCUT2D eigenvalue weighted by Crippen LogP contribution is 2.41. The molecule has 0 aliphatic carbocycles. The number of hydrogen-bond acceptors (Lipinski definition) is 4. The summed E-state index contributed by atoms with van der Waals surface area (Å²) in [5, 5.41) is 5.40. The molecule has 0 radical (unpaired) electrons. The van der Waals surface area contributed by atoms with Crippen LogP contribution >= 0.6 is 15.9 Å². The first-order valence-corrected chi connectivity index (χ1v) is 7.80. The highest BCUT2D eigenvalue weighted by Gasteiger charge is 2.20. The quantitative estimate of drug-likeness (QED) is 0.785. The van der Waals surface area contributed by atoms with Gasteiger partial charge in [-0.2, -0.15) is 0 Å². The molecule has 0 saturated carbocycles. The first kappa shape index (κ1) is 16.1. The molecule has 0 aromatic heterocycles. The molecule has 2 amide bonds. The molecule has 122 valence electrons. The fourth-order valence-electron chi connectivity index (χ4n) is 2.20. The molecule has 3 rings (SSSR count). The third-order valence-electron chi connectivity index (χ3n) is 3.26. The van der Waals surface area contributed by atoms with Crippen LogP contribution in [0.1, 0.15) is 10.4 Å². The Kier molecular flexibility index (Phi) is 4.52. The van der Waals surface area contributed by atoms with Crippen LogP contribution in [-0.4, -0.2) is 18.6 Å². The van der Waals surface area contributed by atoms with Crippen LogP contribution < -0.4 is 20.1 Å². The number of rotatable bonds is 4. The predicted molar refractivity (Wildman–Crippen MR) is 93.5 cm³/mol. The normalized spacial score (nSPS) is 11.7. The minimum Gasteiger partial charge on any atom is -0.453 e. The van der Waals surface area contributed by atoms with Crippen molar-refractivity contribution in [1.29, 1.82) is 0 Å². The second-order valence-corrected chi connectivity index (χ2v) is 5.83. The van der Waals surface area contributed by atoms with E-state index in [9.17, 15) is 9.59 Å². The summed E-state index contributed by atoms with van der Waals surface area (Å²) in [7, 11) is 0. The Balaban J connectivity index is 1.82. The van der Waals surface area contributed by atoms with Crippen molar-refractivity contribution in [2.24, 2.45) is 0 Å². The molecule has 0 spiro atoms. The summed E-state index contributed by atoms with van der Waals surface area (Å²) in [5.74, 6) is 0.373. The number of anilines is 2. The van der Waals surface area contributed by atoms with Crippen LogP contribution in [0.5, 0.6) is 11.5 Å². The van der Waals surface area contributed by atoms with Crippen molar-refractivity contribution in [3.63, 3.8) is 0 Å². The fourth-order valence-corrected chi connectivity index (χ4v) is 2.63. The van der Waals surface area contributed by atoms with Gasteiger partial charge in [0.05, 0.1) is 5.69 Å². The zero-order chi connectivity index (χ0) is 17.1. The van der Waals surface area contributed by atoms with Gasteiger partial charge in [0.25, 0.3) is 5.91 Å². The first-order valence-electron chi connectivity index (χ1n) is 7.01. The molecule has 0 bridgehead atoms. The summed E-state index contributed by atoms with van der Waals surface area (Å²) >= 11 is 3.36. The molecule has 1 aliphatic heterocycles. The van der Waals surface area contributed by atoms with Crippen LogP contribution in [0.2, 0.25) is 0 Å². The standard InChI is InChI=1S/C17H13BrN2O4/c1-2-15(21)19-12-5-3-4-10(6-12)17(22)20-13-7-11(18)8-14-16(13)24-9-23-14/h2-8H,1,9H2,(H,19,21)(H,20,22). The monoisotopic (exact) mass is 388 g/mol. The van der Waals surface area contributed by atoms with Crippen LogP contribution in [0, 0.1) is 0 Å². The molecule has 1 aliphatic rings. The van der Waals surface area contributed by atoms with E-state index in [1.165, 1.54) is 0 Å². The topological polar surface area (TPSA) is 76.7 Å². The van der Waals surface area contributed by atoms with Gasteiger partial charge >= 0.3 is 0 Å². The zero-order valence-electron chi connectivity index (χ0n) is 12.5. The van der Waals surface area contributed by atoms with E-state index in [1.54, 1.807) is 36.4 Å². The molecule has 2 N–H and O–H groups in total. The van der Waals surface area contributed by atoms with Gasteiger partial charge in [0.2, 0.25) is 12.7 Å². The van der Waals surface area contributed by atoms with Crippen LogP contribution in [0.25, 0.3) is 0 Å². The molecular weight excluding hydrogens is 376 g/mol. The number of carbonyl (C=O) groups is 2. The number of amides is 2. The van der Waals surface area contributed by atoms with E-state index in [-0.39, 0.29) is 18.6 Å². The lowest BCUT2D eigenvalue weighted by molar-refractivity contribution is -0.111. The van der Waals surface area contributed by atoms with E-state index in [0.717, 1.165) is 10.5 Å². The number of carbonyl (C=O) groups excluding carboxylic acids is 2. The van der Waals surface area contributed by atoms with Gasteiger partial charge < -0.3 is 20.1 Å². The summed E-state index contributed by atoms with van der Waals surface area (Å²) in [6.07, 6.45) is 1.16. The molecule has 24 heavy (non-hydrogen) atoms. The Morgan fingerprint density at radius 3 is 2.79 bits per heavy atom. The molecule has 6 nitrogen and oxygen atoms in total. The lowest BCUT2D eigenvalue weighted by atomic mass is 10.1. The third kappa shape index (κ3) is 3.41. The maximum Gasteiger partial charge on any atom is 0.255 e. The Morgan fingerprint density at radius 1 is 1.17 bits per heavy atom. The first-order chi connectivity index (χ1) is 11.6. The van der Waals surface area contributed by atoms with Gasteiger partial charge in [-0.3, -0.25) is 9.59 Å². The molecule has 1 heterocycles. The van der Waals surface area contributed by atoms with Gasteiger partial charge in [0.15, 0.2) is 11.5 Å². The van der Waals surface area contributed by atoms with E-state index in [4.69, 9.17) is 9.47 Å². The van der Waals surface area contributed by atoms with Crippen molar-refractivity contribution in [3.05, 3.63) is 59.1 Å². The Bertz CT molecular complexity index is 835. The molecule has 0 unspecified atom stereocenters. The summed E-state index contributed by atoms with van der Waals surface area (Å²) in [5.41, 5.74) is 1.40. The number of halogens is 1. The lowest BCUT2D eigenvalue weighted by Crippen LogP contribution is -2.13. The zero-order valence-corrected chi connectivity index (χ0v) is 14.1. The fraction of sp³-hybridized carbons (Fsp3) is 0.0588. The highest BCUT2D eigenvalue weighted by atomic mass is 79.9. The maximum atomic E-state index is 12.5. The van der Waals surface area contributed by atoms with E-state index in [2.05, 4.69) is 33.1 Å². The van der Waals surface area contributed by atoms with Gasteiger partial charge in [-0.1, -0.05) is 28.6 Å². The van der Waals surface area contributed by atoms with Crippen LogP contribution in [0.4, 0.5) is 11.4 Å². The van der Waals surface area contributed by atoms with Gasteiger partial charge in [-0.05, 0) is 36.4 Å². The minimum absolute atomic E-state index is 0.109. The number of ether oxygens (including phenoxy) is 2. The smallest absolute Gasteiger partial charge is 0.255 e. The second-order valence-electron chi connectivity index (χ2n) is 4.92. The third-order valence-corrected chi connectivity index (χ3v) is 3.72. The van der Waals surface area contributed by atoms with Crippen molar-refractivity contribution >= 4 is 39.1 Å². The number of nitrogens with one attached hydrogen (secondary N) is 2. The van der Waals surface area contributed by atoms with Crippen molar-refractivity contribution in [1.82, 2.24) is 0 Å². The second kappa shape index (κ2) is 6.76. The highest BCUT2D eigenvalue weighted by molar-refractivity contribution is 9.10. The molecule has 2 aromatic rings. The van der Waals surface area contributed by atoms with Crippen LogP contribution in [0.15, 0.2) is 53.5 Å². The van der Waals surface area contributed by atoms with Gasteiger partial charge in [-0.25, -0.2) is 0 Å². The molecule has 2 aromatic carbocycles. The Morgan fingerprint density at radius 2 is 2.00 bits per heavy atom. The van der Waals surface area contributed by atoms with Crippen LogP contribution in [0.3, 0.4) is 0 Å². The lowest BCUT2D eigenvalue weighted by Gasteiger charge is -2.10. The van der Waals surface area contributed by atoms with E-state index < -0.39 is 0 Å². The summed E-state index contributed by atoms with van der Waals surface area (Å²) < 4.78 is 11.5. The maximum absolute atomic E-state index is 12.5. The van der Waals surface area contributed by atoms with E-state index in [1.807, 2.05) is 0 Å². The number of fused-ring (bicyclic) bond motifs is 1. The summed E-state index contributed by atoms with van der Waals surface area (Å²) in [6, 6.07) is 10.1. The minimum atomic E-state index is -0.345. The van der Waals surface area contributed by atoms with Crippen molar-refractivity contribution < 1.29 is 19.1 Å². The largest absolute Gasteiger partial charge is 0.453 e. The van der Waals surface area contributed by atoms with Crippen molar-refractivity contribution in [2.45, 2.75) is 0 Å². The van der Waals surface area contributed by atoms with E-state index >= 15 is 0 Å². The van der Waals surface area contributed by atoms with Gasteiger partial charge in [0, 0.05) is 15.7 Å². The molecule has 0 fully saturated rings. The van der Waals surface area contributed by atoms with Crippen molar-refractivity contribution in [3.8, 4) is 11.5 Å². The molecule has 0 saturated heterocycles. The molecule has 7 heteroatoms. The van der Waals surface area contributed by atoms with Gasteiger partial charge in [0.1, 0.15) is 0 Å². The average molecular weight is 389 g/mol. The predicted octanol–water partition coefficient (Wildman–Crippen LogP) is 3.55. The Labute approximate surface area is 146 Å². The summed E-state index contributed by atoms with van der Waals surface area (Å²) in [4.78, 5) is 23.8. The van der Waals surface area contributed by atoms with Crippen molar-refractivity contribution in [2.75, 3.05) is 17.4 Å². The number of benzene rings is 2. The van der Waals surface area contributed by atoms with E-state index in [0.29, 0.717) is 28.4 Å². The average Bonchev–Trinajstić information content (AvgIpc) is 3.03. The molecule has 0 atom stereocenters. The van der Waals surface area contributed by atoms with Gasteiger partial charge in [-0.15, -0.1) is 0 Å². The van der Waals surface area contributed by atoms with Crippen LogP contribution in [-0.2, 0) is 4.79 Å². The number of hydrogen-bond donors (Lipinski definition) is 2. The SMILES string of the molecule is C=CC(=O)Nc1cccc(C(=O)Nc2cc(Br)cc3c2OCO3)c1.